The number of anilines is 4. The Labute approximate surface area is 340 Å². The molecule has 0 bridgehead atoms. The number of hydrogen-bond acceptors (Lipinski definition) is 4. The first kappa shape index (κ1) is 32.3. The van der Waals surface area contributed by atoms with Crippen LogP contribution in [0.3, 0.4) is 0 Å². The predicted octanol–water partition coefficient (Wildman–Crippen LogP) is 14.2. The highest BCUT2D eigenvalue weighted by Gasteiger charge is 2.47. The summed E-state index contributed by atoms with van der Waals surface area (Å²) in [6.07, 6.45) is 0. The summed E-state index contributed by atoms with van der Waals surface area (Å²) >= 11 is 0. The lowest BCUT2D eigenvalue weighted by Crippen LogP contribution is -2.61. The summed E-state index contributed by atoms with van der Waals surface area (Å²) in [7, 11) is 0. The first-order valence-corrected chi connectivity index (χ1v) is 20.2. The minimum Gasteiger partial charge on any atom is -0.456 e. The van der Waals surface area contributed by atoms with Crippen molar-refractivity contribution >= 4 is 79.1 Å². The lowest BCUT2D eigenvalue weighted by Gasteiger charge is -2.48. The Balaban J connectivity index is 1.09. The van der Waals surface area contributed by atoms with Crippen LogP contribution in [0, 0.1) is 0 Å². The summed E-state index contributed by atoms with van der Waals surface area (Å²) in [5, 5.41) is 4.54. The topological polar surface area (TPSA) is 32.8 Å². The molecule has 9 aromatic carbocycles. The van der Waals surface area contributed by atoms with Crippen LogP contribution >= 0.6 is 0 Å². The zero-order valence-corrected chi connectivity index (χ0v) is 31.8. The molecule has 5 heteroatoms. The van der Waals surface area contributed by atoms with E-state index < -0.39 is 0 Å². The van der Waals surface area contributed by atoms with Gasteiger partial charge in [0.1, 0.15) is 22.3 Å². The monoisotopic (exact) mass is 752 g/mol. The fourth-order valence-electron chi connectivity index (χ4n) is 9.98. The van der Waals surface area contributed by atoms with E-state index in [2.05, 4.69) is 198 Å². The fourth-order valence-corrected chi connectivity index (χ4v) is 9.98. The van der Waals surface area contributed by atoms with Crippen LogP contribution in [-0.4, -0.2) is 6.98 Å². The largest absolute Gasteiger partial charge is 0.456 e. The maximum Gasteiger partial charge on any atom is 0.421 e. The third kappa shape index (κ3) is 4.67. The van der Waals surface area contributed by atoms with Gasteiger partial charge in [-0.3, -0.25) is 0 Å². The molecule has 11 aromatic rings. The SMILES string of the molecule is c1ccc(N2B3c4c(cccc4-c4cc(-c5cccc6oc7ccccc7c56)ccc4N3c3ccccc3)-c3cc(-c4cccc5oc6ccccc6c45)ccc32)cc1. The number of para-hydroxylation sites is 4. The number of fused-ring (bicyclic) bond motifs is 10. The molecule has 0 N–H and O–H groups in total. The number of rotatable bonds is 4. The second kappa shape index (κ2) is 12.4. The van der Waals surface area contributed by atoms with Crippen LogP contribution in [0.25, 0.3) is 88.4 Å². The van der Waals surface area contributed by atoms with Crippen molar-refractivity contribution < 1.29 is 8.83 Å². The van der Waals surface area contributed by atoms with Gasteiger partial charge < -0.3 is 18.5 Å². The van der Waals surface area contributed by atoms with Crippen molar-refractivity contribution in [2.45, 2.75) is 0 Å². The second-order valence-electron chi connectivity index (χ2n) is 15.6. The Hall–Kier alpha value is -7.76. The van der Waals surface area contributed by atoms with Crippen LogP contribution in [0.4, 0.5) is 22.7 Å². The van der Waals surface area contributed by atoms with Crippen molar-refractivity contribution in [3.8, 4) is 44.5 Å². The van der Waals surface area contributed by atoms with Crippen molar-refractivity contribution in [3.63, 3.8) is 0 Å². The molecule has 0 unspecified atom stereocenters. The molecule has 4 nitrogen and oxygen atoms in total. The van der Waals surface area contributed by atoms with Crippen LogP contribution in [0.1, 0.15) is 0 Å². The predicted molar refractivity (Wildman–Crippen MR) is 245 cm³/mol. The van der Waals surface area contributed by atoms with Gasteiger partial charge in [-0.05, 0) is 112 Å². The normalized spacial score (nSPS) is 13.0. The van der Waals surface area contributed by atoms with Crippen molar-refractivity contribution in [1.29, 1.82) is 0 Å². The van der Waals surface area contributed by atoms with Gasteiger partial charge in [0, 0.05) is 55.4 Å². The molecule has 2 aromatic heterocycles. The molecule has 0 radical (unpaired) electrons. The van der Waals surface area contributed by atoms with Gasteiger partial charge in [-0.1, -0.05) is 127 Å². The summed E-state index contributed by atoms with van der Waals surface area (Å²) in [5.41, 5.74) is 19.0. The van der Waals surface area contributed by atoms with Gasteiger partial charge in [-0.2, -0.15) is 0 Å². The summed E-state index contributed by atoms with van der Waals surface area (Å²) in [6.45, 7) is -0.162. The van der Waals surface area contributed by atoms with E-state index in [1.807, 2.05) is 12.1 Å². The molecule has 0 atom stereocenters. The van der Waals surface area contributed by atoms with Crippen LogP contribution in [-0.2, 0) is 0 Å². The van der Waals surface area contributed by atoms with Gasteiger partial charge >= 0.3 is 6.98 Å². The molecule has 2 aliphatic heterocycles. The van der Waals surface area contributed by atoms with Crippen LogP contribution < -0.4 is 15.1 Å². The zero-order valence-electron chi connectivity index (χ0n) is 31.8. The van der Waals surface area contributed by atoms with Crippen LogP contribution in [0.5, 0.6) is 0 Å². The molecule has 4 heterocycles. The van der Waals surface area contributed by atoms with E-state index in [0.29, 0.717) is 0 Å². The molecular weight excluding hydrogens is 719 g/mol. The maximum absolute atomic E-state index is 6.36. The molecule has 0 aliphatic carbocycles. The standard InChI is InChI=1S/C54H33BN2O2/c1-3-14-36(15-4-1)56-46-30-28-34(38-20-12-26-50-52(38)42-18-7-9-24-48(42)58-50)32-44(46)40-22-11-23-41-45-33-35(39-21-13-27-51-53(39)43-19-8-10-25-49(43)59-51)29-31-47(45)57(55(56)54(40)41)37-16-5-2-6-17-37/h1-33H. The van der Waals surface area contributed by atoms with Gasteiger partial charge in [-0.15, -0.1) is 0 Å². The summed E-state index contributed by atoms with van der Waals surface area (Å²) in [6, 6.07) is 72.2. The number of nitrogens with zero attached hydrogens (tertiary/aromatic N) is 2. The van der Waals surface area contributed by atoms with Crippen molar-refractivity contribution in [2.24, 2.45) is 0 Å². The van der Waals surface area contributed by atoms with E-state index >= 15 is 0 Å². The molecule has 0 saturated heterocycles. The Morgan fingerprint density at radius 3 is 1.22 bits per heavy atom. The van der Waals surface area contributed by atoms with E-state index in [4.69, 9.17) is 8.83 Å². The van der Waals surface area contributed by atoms with Gasteiger partial charge in [0.2, 0.25) is 0 Å². The lowest BCUT2D eigenvalue weighted by molar-refractivity contribution is 0.668. The Morgan fingerprint density at radius 2 is 0.729 bits per heavy atom. The Bertz CT molecular complexity index is 3250. The quantitative estimate of drug-likeness (QED) is 0.168. The summed E-state index contributed by atoms with van der Waals surface area (Å²) < 4.78 is 12.7. The number of benzene rings is 9. The Morgan fingerprint density at radius 1 is 0.322 bits per heavy atom. The molecule has 13 rings (SSSR count). The molecule has 274 valence electrons. The minimum absolute atomic E-state index is 0.162. The van der Waals surface area contributed by atoms with Crippen molar-refractivity contribution in [3.05, 3.63) is 200 Å². The summed E-state index contributed by atoms with van der Waals surface area (Å²) in [4.78, 5) is 5.09. The van der Waals surface area contributed by atoms with E-state index in [9.17, 15) is 0 Å². The molecule has 0 amide bonds. The molecule has 0 saturated carbocycles. The smallest absolute Gasteiger partial charge is 0.421 e. The van der Waals surface area contributed by atoms with Crippen LogP contribution in [0.15, 0.2) is 209 Å². The van der Waals surface area contributed by atoms with E-state index in [0.717, 1.165) is 77.5 Å². The zero-order chi connectivity index (χ0) is 38.6. The van der Waals surface area contributed by atoms with E-state index in [-0.39, 0.29) is 6.98 Å². The molecule has 0 fully saturated rings. The first-order valence-electron chi connectivity index (χ1n) is 20.2. The van der Waals surface area contributed by atoms with E-state index in [1.54, 1.807) is 0 Å². The fraction of sp³-hybridized carbons (Fsp3) is 0. The third-order valence-corrected chi connectivity index (χ3v) is 12.4. The number of hydrogen-bond donors (Lipinski definition) is 0. The highest BCUT2D eigenvalue weighted by Crippen LogP contribution is 2.51. The minimum atomic E-state index is -0.162. The molecular formula is C54H33BN2O2. The average molecular weight is 753 g/mol. The van der Waals surface area contributed by atoms with Gasteiger partial charge in [-0.25, -0.2) is 0 Å². The average Bonchev–Trinajstić information content (AvgIpc) is 3.88. The highest BCUT2D eigenvalue weighted by molar-refractivity contribution is 6.86. The van der Waals surface area contributed by atoms with Gasteiger partial charge in [0.05, 0.1) is 0 Å². The lowest BCUT2D eigenvalue weighted by atomic mass is 9.53. The highest BCUT2D eigenvalue weighted by atomic mass is 16.3. The van der Waals surface area contributed by atoms with E-state index in [1.165, 1.54) is 39.1 Å². The first-order chi connectivity index (χ1) is 29.3. The molecule has 0 spiro atoms. The second-order valence-corrected chi connectivity index (χ2v) is 15.6. The molecule has 2 aliphatic rings. The van der Waals surface area contributed by atoms with Crippen LogP contribution in [0.2, 0.25) is 0 Å². The van der Waals surface area contributed by atoms with Gasteiger partial charge in [0.25, 0.3) is 0 Å². The number of furan rings is 2. The van der Waals surface area contributed by atoms with Crippen molar-refractivity contribution in [1.82, 2.24) is 0 Å². The Kier molecular flexibility index (Phi) is 6.78. The summed E-state index contributed by atoms with van der Waals surface area (Å²) in [5.74, 6) is 0. The van der Waals surface area contributed by atoms with Gasteiger partial charge in [0.15, 0.2) is 0 Å². The third-order valence-electron chi connectivity index (χ3n) is 12.4. The van der Waals surface area contributed by atoms with Crippen molar-refractivity contribution in [2.75, 3.05) is 9.62 Å². The molecule has 59 heavy (non-hydrogen) atoms. The maximum atomic E-state index is 6.36.